The summed E-state index contributed by atoms with van der Waals surface area (Å²) in [5, 5.41) is 24.2. The number of aliphatic hydroxyl groups is 1. The molecule has 1 saturated carbocycles. The molecule has 6 nitrogen and oxygen atoms in total. The molecule has 0 heterocycles. The molecule has 2 N–H and O–H groups in total. The molecule has 0 atom stereocenters. The maximum Gasteiger partial charge on any atom is 0.333 e. The fourth-order valence-electron chi connectivity index (χ4n) is 2.80. The van der Waals surface area contributed by atoms with E-state index in [1.165, 1.54) is 0 Å². The molecule has 21 heavy (non-hydrogen) atoms. The first-order valence-electron chi connectivity index (χ1n) is 7.41. The Morgan fingerprint density at radius 3 is 2.71 bits per heavy atom. The second-order valence-corrected chi connectivity index (χ2v) is 5.53. The van der Waals surface area contributed by atoms with Gasteiger partial charge in [-0.05, 0) is 31.4 Å². The number of aliphatic hydroxyl groups excluding tert-OH is 1. The van der Waals surface area contributed by atoms with Gasteiger partial charge in [0.15, 0.2) is 5.75 Å². The van der Waals surface area contributed by atoms with Crippen molar-refractivity contribution in [3.8, 4) is 5.75 Å². The predicted octanol–water partition coefficient (Wildman–Crippen LogP) is 3.10. The van der Waals surface area contributed by atoms with Crippen LogP contribution in [0.2, 0.25) is 0 Å². The minimum absolute atomic E-state index is 0.0236. The SMILES string of the molecule is CCCOc1cccc(NC2(CO)CCCC2)c1[N+](=O)[O-]. The zero-order chi connectivity index (χ0) is 15.3. The minimum Gasteiger partial charge on any atom is -0.487 e. The van der Waals surface area contributed by atoms with Gasteiger partial charge < -0.3 is 15.2 Å². The van der Waals surface area contributed by atoms with Crippen molar-refractivity contribution in [1.82, 2.24) is 0 Å². The summed E-state index contributed by atoms with van der Waals surface area (Å²) in [6.45, 7) is 2.37. The van der Waals surface area contributed by atoms with Crippen molar-refractivity contribution in [3.63, 3.8) is 0 Å². The Labute approximate surface area is 124 Å². The van der Waals surface area contributed by atoms with Crippen molar-refractivity contribution in [2.75, 3.05) is 18.5 Å². The molecule has 0 amide bonds. The summed E-state index contributed by atoms with van der Waals surface area (Å²) >= 11 is 0. The second-order valence-electron chi connectivity index (χ2n) is 5.53. The first-order valence-corrected chi connectivity index (χ1v) is 7.41. The molecule has 1 aliphatic carbocycles. The molecule has 1 aromatic carbocycles. The van der Waals surface area contributed by atoms with Crippen LogP contribution < -0.4 is 10.1 Å². The van der Waals surface area contributed by atoms with Crippen molar-refractivity contribution in [1.29, 1.82) is 0 Å². The van der Waals surface area contributed by atoms with E-state index in [1.807, 2.05) is 6.92 Å². The summed E-state index contributed by atoms with van der Waals surface area (Å²) in [6.07, 6.45) is 4.47. The van der Waals surface area contributed by atoms with Gasteiger partial charge in [0, 0.05) is 0 Å². The lowest BCUT2D eigenvalue weighted by molar-refractivity contribution is -0.385. The van der Waals surface area contributed by atoms with Gasteiger partial charge in [-0.15, -0.1) is 0 Å². The van der Waals surface area contributed by atoms with Gasteiger partial charge in [-0.2, -0.15) is 0 Å². The molecule has 1 aliphatic rings. The molecule has 0 aromatic heterocycles. The molecule has 1 fully saturated rings. The molecule has 0 unspecified atom stereocenters. The molecular weight excluding hydrogens is 272 g/mol. The van der Waals surface area contributed by atoms with Gasteiger partial charge in [0.05, 0.1) is 23.7 Å². The van der Waals surface area contributed by atoms with Gasteiger partial charge in [-0.1, -0.05) is 25.8 Å². The highest BCUT2D eigenvalue weighted by Gasteiger charge is 2.35. The first kappa shape index (κ1) is 15.6. The van der Waals surface area contributed by atoms with Crippen LogP contribution >= 0.6 is 0 Å². The fourth-order valence-corrected chi connectivity index (χ4v) is 2.80. The number of nitrogens with one attached hydrogen (secondary N) is 1. The third kappa shape index (κ3) is 3.44. The maximum absolute atomic E-state index is 11.4. The van der Waals surface area contributed by atoms with Crippen molar-refractivity contribution in [2.45, 2.75) is 44.6 Å². The van der Waals surface area contributed by atoms with Gasteiger partial charge in [0.1, 0.15) is 5.69 Å². The summed E-state index contributed by atoms with van der Waals surface area (Å²) in [6, 6.07) is 5.02. The van der Waals surface area contributed by atoms with E-state index in [1.54, 1.807) is 18.2 Å². The van der Waals surface area contributed by atoms with E-state index in [-0.39, 0.29) is 18.0 Å². The van der Waals surface area contributed by atoms with Gasteiger partial charge in [0.2, 0.25) is 0 Å². The second kappa shape index (κ2) is 6.76. The van der Waals surface area contributed by atoms with Crippen LogP contribution in [0.1, 0.15) is 39.0 Å². The van der Waals surface area contributed by atoms with Crippen LogP contribution in [0.5, 0.6) is 5.75 Å². The average molecular weight is 294 g/mol. The lowest BCUT2D eigenvalue weighted by atomic mass is 9.98. The topological polar surface area (TPSA) is 84.6 Å². The number of hydrogen-bond acceptors (Lipinski definition) is 5. The summed E-state index contributed by atoms with van der Waals surface area (Å²) in [7, 11) is 0. The van der Waals surface area contributed by atoms with E-state index >= 15 is 0 Å². The summed E-state index contributed by atoms with van der Waals surface area (Å²) in [5.74, 6) is 0.276. The lowest BCUT2D eigenvalue weighted by Gasteiger charge is -2.29. The number of rotatable bonds is 7. The number of hydrogen-bond donors (Lipinski definition) is 2. The van der Waals surface area contributed by atoms with E-state index in [9.17, 15) is 15.2 Å². The van der Waals surface area contributed by atoms with Crippen LogP contribution in [0.25, 0.3) is 0 Å². The number of nitro groups is 1. The molecule has 0 spiro atoms. The zero-order valence-corrected chi connectivity index (χ0v) is 12.3. The quantitative estimate of drug-likeness (QED) is 0.596. The van der Waals surface area contributed by atoms with Crippen LogP contribution in [0.4, 0.5) is 11.4 Å². The molecular formula is C15H22N2O4. The number of ether oxygens (including phenoxy) is 1. The highest BCUT2D eigenvalue weighted by Crippen LogP contribution is 2.39. The third-order valence-corrected chi connectivity index (χ3v) is 3.91. The summed E-state index contributed by atoms with van der Waals surface area (Å²) in [4.78, 5) is 11.0. The Kier molecular flexibility index (Phi) is 5.01. The van der Waals surface area contributed by atoms with Crippen LogP contribution in [0, 0.1) is 10.1 Å². The van der Waals surface area contributed by atoms with E-state index in [4.69, 9.17) is 4.74 Å². The molecule has 0 radical (unpaired) electrons. The molecule has 2 rings (SSSR count). The van der Waals surface area contributed by atoms with Crippen LogP contribution in [-0.4, -0.2) is 28.8 Å². The van der Waals surface area contributed by atoms with Gasteiger partial charge in [-0.25, -0.2) is 0 Å². The van der Waals surface area contributed by atoms with E-state index in [0.717, 1.165) is 32.1 Å². The van der Waals surface area contributed by atoms with Gasteiger partial charge >= 0.3 is 5.69 Å². The third-order valence-electron chi connectivity index (χ3n) is 3.91. The van der Waals surface area contributed by atoms with Gasteiger partial charge in [-0.3, -0.25) is 10.1 Å². The molecule has 0 saturated heterocycles. The van der Waals surface area contributed by atoms with Crippen molar-refractivity contribution in [2.24, 2.45) is 0 Å². The number of benzene rings is 1. The maximum atomic E-state index is 11.4. The van der Waals surface area contributed by atoms with Crippen LogP contribution in [0.15, 0.2) is 18.2 Å². The summed E-state index contributed by atoms with van der Waals surface area (Å²) in [5.41, 5.74) is -0.0797. The van der Waals surface area contributed by atoms with E-state index < -0.39 is 10.5 Å². The van der Waals surface area contributed by atoms with Crippen LogP contribution in [-0.2, 0) is 0 Å². The lowest BCUT2D eigenvalue weighted by Crippen LogP contribution is -2.39. The van der Waals surface area contributed by atoms with E-state index in [0.29, 0.717) is 12.3 Å². The minimum atomic E-state index is -0.450. The summed E-state index contributed by atoms with van der Waals surface area (Å²) < 4.78 is 5.48. The van der Waals surface area contributed by atoms with Crippen molar-refractivity contribution >= 4 is 11.4 Å². The van der Waals surface area contributed by atoms with Crippen molar-refractivity contribution < 1.29 is 14.8 Å². The fraction of sp³-hybridized carbons (Fsp3) is 0.600. The number of para-hydroxylation sites is 1. The number of anilines is 1. The standard InChI is InChI=1S/C15H22N2O4/c1-2-10-21-13-7-5-6-12(14(13)17(19)20)16-15(11-18)8-3-4-9-15/h5-7,16,18H,2-4,8-11H2,1H3. The van der Waals surface area contributed by atoms with Crippen LogP contribution in [0.3, 0.4) is 0 Å². The Morgan fingerprint density at radius 1 is 1.43 bits per heavy atom. The Balaban J connectivity index is 2.31. The molecule has 116 valence electrons. The average Bonchev–Trinajstić information content (AvgIpc) is 2.94. The van der Waals surface area contributed by atoms with Gasteiger partial charge in [0.25, 0.3) is 0 Å². The predicted molar refractivity (Wildman–Crippen MR) is 80.8 cm³/mol. The molecule has 0 bridgehead atoms. The normalized spacial score (nSPS) is 16.7. The zero-order valence-electron chi connectivity index (χ0n) is 12.3. The molecule has 6 heteroatoms. The molecule has 0 aliphatic heterocycles. The largest absolute Gasteiger partial charge is 0.487 e. The number of nitro benzene ring substituents is 1. The Hall–Kier alpha value is -1.82. The highest BCUT2D eigenvalue weighted by atomic mass is 16.6. The first-order chi connectivity index (χ1) is 10.1. The monoisotopic (exact) mass is 294 g/mol. The van der Waals surface area contributed by atoms with Crippen molar-refractivity contribution in [3.05, 3.63) is 28.3 Å². The smallest absolute Gasteiger partial charge is 0.333 e. The Morgan fingerprint density at radius 2 is 2.14 bits per heavy atom. The number of nitrogens with zero attached hydrogens (tertiary/aromatic N) is 1. The molecule has 1 aromatic rings. The highest BCUT2D eigenvalue weighted by molar-refractivity contribution is 5.69. The van der Waals surface area contributed by atoms with E-state index in [2.05, 4.69) is 5.32 Å². The Bertz CT molecular complexity index is 498.